The quantitative estimate of drug-likeness (QED) is 0.895. The molecule has 2 fully saturated rings. The van der Waals surface area contributed by atoms with E-state index in [0.717, 1.165) is 45.3 Å². The van der Waals surface area contributed by atoms with E-state index in [0.29, 0.717) is 11.8 Å². The van der Waals surface area contributed by atoms with Gasteiger partial charge >= 0.3 is 0 Å². The van der Waals surface area contributed by atoms with Gasteiger partial charge in [-0.05, 0) is 38.6 Å². The first-order valence-electron chi connectivity index (χ1n) is 7.74. The summed E-state index contributed by atoms with van der Waals surface area (Å²) < 4.78 is 0. The van der Waals surface area contributed by atoms with E-state index in [4.69, 9.17) is 4.98 Å². The van der Waals surface area contributed by atoms with Gasteiger partial charge in [-0.1, -0.05) is 6.92 Å². The molecule has 2 saturated heterocycles. The zero-order valence-corrected chi connectivity index (χ0v) is 15.4. The molecule has 1 aromatic heterocycles. The van der Waals surface area contributed by atoms with Crippen LogP contribution in [0.4, 0.5) is 0 Å². The molecule has 22 heavy (non-hydrogen) atoms. The maximum Gasteiger partial charge on any atom is 0.239 e. The van der Waals surface area contributed by atoms with Gasteiger partial charge in [-0.25, -0.2) is 4.98 Å². The summed E-state index contributed by atoms with van der Waals surface area (Å²) in [6.45, 7) is 4.90. The number of halogens is 2. The van der Waals surface area contributed by atoms with Crippen LogP contribution in [0.3, 0.4) is 0 Å². The van der Waals surface area contributed by atoms with Crippen molar-refractivity contribution < 1.29 is 4.79 Å². The van der Waals surface area contributed by atoms with Crippen molar-refractivity contribution in [3.8, 4) is 0 Å². The molecule has 2 aliphatic rings. The first-order chi connectivity index (χ1) is 9.78. The standard InChI is InChI=1S/C15H23N3OS.2ClH/c1-2-12-10-20-14(17-12)11-5-4-8-18(9-11)15(19)13-6-3-7-16-13;;/h10-11,13,16H,2-9H2,1H3;2*1H. The number of hydrogen-bond acceptors (Lipinski definition) is 4. The minimum Gasteiger partial charge on any atom is -0.341 e. The number of carbonyl (C=O) groups excluding carboxylic acids is 1. The molecule has 0 spiro atoms. The largest absolute Gasteiger partial charge is 0.341 e. The van der Waals surface area contributed by atoms with E-state index in [9.17, 15) is 4.79 Å². The van der Waals surface area contributed by atoms with Crippen molar-refractivity contribution in [2.45, 2.75) is 51.0 Å². The smallest absolute Gasteiger partial charge is 0.239 e. The zero-order valence-electron chi connectivity index (χ0n) is 12.9. The lowest BCUT2D eigenvalue weighted by molar-refractivity contribution is -0.134. The summed E-state index contributed by atoms with van der Waals surface area (Å²) >= 11 is 1.76. The Morgan fingerprint density at radius 2 is 2.23 bits per heavy atom. The van der Waals surface area contributed by atoms with E-state index >= 15 is 0 Å². The molecule has 7 heteroatoms. The van der Waals surface area contributed by atoms with Crippen molar-refractivity contribution in [1.82, 2.24) is 15.2 Å². The number of carbonyl (C=O) groups is 1. The lowest BCUT2D eigenvalue weighted by Gasteiger charge is -2.33. The van der Waals surface area contributed by atoms with Gasteiger partial charge in [0.2, 0.25) is 5.91 Å². The Balaban J connectivity index is 0.00000121. The van der Waals surface area contributed by atoms with E-state index < -0.39 is 0 Å². The average Bonchev–Trinajstić information content (AvgIpc) is 3.17. The summed E-state index contributed by atoms with van der Waals surface area (Å²) in [5, 5.41) is 6.70. The number of hydrogen-bond donors (Lipinski definition) is 1. The number of thiazole rings is 1. The summed E-state index contributed by atoms with van der Waals surface area (Å²) in [7, 11) is 0. The van der Waals surface area contributed by atoms with Gasteiger partial charge in [-0.15, -0.1) is 36.2 Å². The Morgan fingerprint density at radius 1 is 1.41 bits per heavy atom. The van der Waals surface area contributed by atoms with Crippen LogP contribution in [0.25, 0.3) is 0 Å². The third kappa shape index (κ3) is 4.34. The summed E-state index contributed by atoms with van der Waals surface area (Å²) in [6.07, 6.45) is 5.39. The molecular formula is C15H25Cl2N3OS. The van der Waals surface area contributed by atoms with Crippen LogP contribution in [0, 0.1) is 0 Å². The van der Waals surface area contributed by atoms with Crippen molar-refractivity contribution in [3.63, 3.8) is 0 Å². The van der Waals surface area contributed by atoms with Gasteiger partial charge in [0.1, 0.15) is 0 Å². The van der Waals surface area contributed by atoms with Crippen LogP contribution < -0.4 is 5.32 Å². The van der Waals surface area contributed by atoms with E-state index in [1.807, 2.05) is 0 Å². The highest BCUT2D eigenvalue weighted by molar-refractivity contribution is 7.09. The van der Waals surface area contributed by atoms with Gasteiger partial charge in [0, 0.05) is 24.4 Å². The maximum absolute atomic E-state index is 12.5. The number of aromatic nitrogens is 1. The third-order valence-corrected chi connectivity index (χ3v) is 5.43. The fourth-order valence-corrected chi connectivity index (χ4v) is 4.20. The molecule has 0 bridgehead atoms. The number of piperidine rings is 1. The van der Waals surface area contributed by atoms with E-state index in [-0.39, 0.29) is 30.9 Å². The maximum atomic E-state index is 12.5. The predicted molar refractivity (Wildman–Crippen MR) is 95.6 cm³/mol. The summed E-state index contributed by atoms with van der Waals surface area (Å²) in [4.78, 5) is 19.3. The Kier molecular flexibility index (Phi) is 8.11. The van der Waals surface area contributed by atoms with E-state index in [2.05, 4.69) is 22.5 Å². The first kappa shape index (κ1) is 19.7. The van der Waals surface area contributed by atoms with Crippen molar-refractivity contribution in [3.05, 3.63) is 16.1 Å². The zero-order chi connectivity index (χ0) is 13.9. The minimum atomic E-state index is 0. The van der Waals surface area contributed by atoms with Crippen molar-refractivity contribution in [2.24, 2.45) is 0 Å². The summed E-state index contributed by atoms with van der Waals surface area (Å²) in [5.74, 6) is 0.749. The Labute approximate surface area is 148 Å². The fourth-order valence-electron chi connectivity index (χ4n) is 3.17. The van der Waals surface area contributed by atoms with Gasteiger partial charge in [-0.2, -0.15) is 0 Å². The number of aryl methyl sites for hydroxylation is 1. The number of amides is 1. The Bertz CT molecular complexity index is 477. The molecule has 3 heterocycles. The number of rotatable bonds is 3. The highest BCUT2D eigenvalue weighted by Gasteiger charge is 2.31. The molecule has 0 radical (unpaired) electrons. The van der Waals surface area contributed by atoms with Crippen LogP contribution in [0.1, 0.15) is 49.2 Å². The second kappa shape index (κ2) is 9.06. The third-order valence-electron chi connectivity index (χ3n) is 4.37. The molecule has 2 atom stereocenters. The molecule has 1 amide bonds. The Hall–Kier alpha value is -0.360. The summed E-state index contributed by atoms with van der Waals surface area (Å²) in [5.41, 5.74) is 1.19. The van der Waals surface area contributed by atoms with Crippen LogP contribution in [0.5, 0.6) is 0 Å². The second-order valence-corrected chi connectivity index (χ2v) is 6.69. The molecule has 1 aromatic rings. The van der Waals surface area contributed by atoms with Gasteiger partial charge in [0.15, 0.2) is 0 Å². The first-order valence-corrected chi connectivity index (χ1v) is 8.62. The molecule has 0 aliphatic carbocycles. The van der Waals surface area contributed by atoms with Gasteiger partial charge in [0.25, 0.3) is 0 Å². The minimum absolute atomic E-state index is 0. The van der Waals surface area contributed by atoms with Crippen LogP contribution in [-0.2, 0) is 11.2 Å². The topological polar surface area (TPSA) is 45.2 Å². The molecule has 0 aromatic carbocycles. The Morgan fingerprint density at radius 3 is 2.86 bits per heavy atom. The lowest BCUT2D eigenvalue weighted by Crippen LogP contribution is -2.47. The van der Waals surface area contributed by atoms with Gasteiger partial charge in [-0.3, -0.25) is 4.79 Å². The highest BCUT2D eigenvalue weighted by atomic mass is 35.5. The van der Waals surface area contributed by atoms with Crippen molar-refractivity contribution in [2.75, 3.05) is 19.6 Å². The number of likely N-dealkylation sites (tertiary alicyclic amines) is 1. The molecule has 2 aliphatic heterocycles. The molecule has 126 valence electrons. The SMILES string of the molecule is CCc1csc(C2CCCN(C(=O)C3CCCN3)C2)n1.Cl.Cl. The molecule has 3 rings (SSSR count). The molecular weight excluding hydrogens is 341 g/mol. The van der Waals surface area contributed by atoms with Crippen LogP contribution in [0.2, 0.25) is 0 Å². The van der Waals surface area contributed by atoms with Gasteiger partial charge in [0.05, 0.1) is 16.7 Å². The highest BCUT2D eigenvalue weighted by Crippen LogP contribution is 2.30. The van der Waals surface area contributed by atoms with E-state index in [1.54, 1.807) is 11.3 Å². The molecule has 2 unspecified atom stereocenters. The lowest BCUT2D eigenvalue weighted by atomic mass is 9.98. The molecule has 0 saturated carbocycles. The monoisotopic (exact) mass is 365 g/mol. The van der Waals surface area contributed by atoms with Crippen LogP contribution in [-0.4, -0.2) is 41.5 Å². The number of nitrogens with zero attached hydrogens (tertiary/aromatic N) is 2. The number of nitrogens with one attached hydrogen (secondary N) is 1. The van der Waals surface area contributed by atoms with Gasteiger partial charge < -0.3 is 10.2 Å². The second-order valence-electron chi connectivity index (χ2n) is 5.80. The van der Waals surface area contributed by atoms with Crippen LogP contribution >= 0.6 is 36.2 Å². The normalized spacial score (nSPS) is 24.5. The summed E-state index contributed by atoms with van der Waals surface area (Å²) in [6, 6.07) is 0.0660. The van der Waals surface area contributed by atoms with Crippen molar-refractivity contribution in [1.29, 1.82) is 0 Å². The molecule has 1 N–H and O–H groups in total. The molecule has 4 nitrogen and oxygen atoms in total. The van der Waals surface area contributed by atoms with Crippen LogP contribution in [0.15, 0.2) is 5.38 Å². The predicted octanol–water partition coefficient (Wildman–Crippen LogP) is 3.01. The van der Waals surface area contributed by atoms with Crippen molar-refractivity contribution >= 4 is 42.1 Å². The average molecular weight is 366 g/mol. The fraction of sp³-hybridized carbons (Fsp3) is 0.733. The van der Waals surface area contributed by atoms with E-state index in [1.165, 1.54) is 17.1 Å².